The van der Waals surface area contributed by atoms with Crippen molar-refractivity contribution >= 4 is 22.4 Å². The normalized spacial score (nSPS) is 11.8. The highest BCUT2D eigenvalue weighted by molar-refractivity contribution is 5.83. The summed E-state index contributed by atoms with van der Waals surface area (Å²) in [6, 6.07) is 14.4. The summed E-state index contributed by atoms with van der Waals surface area (Å²) in [5, 5.41) is 4.57. The third-order valence-corrected chi connectivity index (χ3v) is 3.34. The van der Waals surface area contributed by atoms with E-state index in [2.05, 4.69) is 66.4 Å². The number of hydrogen-bond acceptors (Lipinski definition) is 2. The molecule has 0 aliphatic carbocycles. The van der Waals surface area contributed by atoms with Crippen molar-refractivity contribution in [1.29, 1.82) is 0 Å². The summed E-state index contributed by atoms with van der Waals surface area (Å²) in [4.78, 5) is 7.88. The van der Waals surface area contributed by atoms with Crippen LogP contribution in [0.1, 0.15) is 26.5 Å². The van der Waals surface area contributed by atoms with Gasteiger partial charge in [-0.1, -0.05) is 26.8 Å². The summed E-state index contributed by atoms with van der Waals surface area (Å²) < 4.78 is 0. The first-order valence-electron chi connectivity index (χ1n) is 6.84. The van der Waals surface area contributed by atoms with Gasteiger partial charge in [0.15, 0.2) is 0 Å². The standard InChI is InChI=1S/C17H19N3/c1-17(2,3)15-5-4-6-16(20-15)19-13-7-8-14-12(11-13)9-10-18-14/h4-11,18H,1-3H3,(H,19,20). The molecule has 3 heteroatoms. The van der Waals surface area contributed by atoms with E-state index >= 15 is 0 Å². The molecule has 0 saturated heterocycles. The molecule has 0 aliphatic rings. The number of hydrogen-bond donors (Lipinski definition) is 2. The largest absolute Gasteiger partial charge is 0.361 e. The number of pyridine rings is 1. The fraction of sp³-hybridized carbons (Fsp3) is 0.235. The molecule has 2 aromatic heterocycles. The molecule has 2 heterocycles. The molecule has 3 aromatic rings. The van der Waals surface area contributed by atoms with Crippen molar-refractivity contribution in [3.05, 3.63) is 54.4 Å². The number of H-pyrrole nitrogens is 1. The van der Waals surface area contributed by atoms with Crippen molar-refractivity contribution < 1.29 is 0 Å². The Kier molecular flexibility index (Phi) is 2.97. The average molecular weight is 265 g/mol. The van der Waals surface area contributed by atoms with Crippen LogP contribution in [0.3, 0.4) is 0 Å². The second-order valence-corrected chi connectivity index (χ2v) is 6.06. The van der Waals surface area contributed by atoms with E-state index < -0.39 is 0 Å². The van der Waals surface area contributed by atoms with Crippen LogP contribution in [0.4, 0.5) is 11.5 Å². The van der Waals surface area contributed by atoms with Gasteiger partial charge in [0.05, 0.1) is 0 Å². The van der Waals surface area contributed by atoms with Gasteiger partial charge in [0.1, 0.15) is 5.82 Å². The molecule has 0 bridgehead atoms. The monoisotopic (exact) mass is 265 g/mol. The molecule has 0 fully saturated rings. The number of aromatic nitrogens is 2. The molecule has 0 spiro atoms. The van der Waals surface area contributed by atoms with E-state index in [9.17, 15) is 0 Å². The number of anilines is 2. The molecular formula is C17H19N3. The van der Waals surface area contributed by atoms with Crippen LogP contribution in [0.2, 0.25) is 0 Å². The molecule has 0 aliphatic heterocycles. The van der Waals surface area contributed by atoms with Gasteiger partial charge in [-0.05, 0) is 36.4 Å². The van der Waals surface area contributed by atoms with Crippen LogP contribution in [0.15, 0.2) is 48.7 Å². The van der Waals surface area contributed by atoms with Crippen LogP contribution in [0.25, 0.3) is 10.9 Å². The summed E-state index contributed by atoms with van der Waals surface area (Å²) in [5.41, 5.74) is 3.34. The highest BCUT2D eigenvalue weighted by Crippen LogP contribution is 2.24. The molecule has 0 saturated carbocycles. The number of nitrogens with zero attached hydrogens (tertiary/aromatic N) is 1. The third-order valence-electron chi connectivity index (χ3n) is 3.34. The molecule has 20 heavy (non-hydrogen) atoms. The predicted octanol–water partition coefficient (Wildman–Crippen LogP) is 4.60. The van der Waals surface area contributed by atoms with E-state index in [0.717, 1.165) is 22.7 Å². The van der Waals surface area contributed by atoms with Gasteiger partial charge in [0.25, 0.3) is 0 Å². The van der Waals surface area contributed by atoms with E-state index in [0.29, 0.717) is 0 Å². The van der Waals surface area contributed by atoms with Crippen molar-refractivity contribution in [1.82, 2.24) is 9.97 Å². The average Bonchev–Trinajstić information content (AvgIpc) is 2.85. The minimum Gasteiger partial charge on any atom is -0.361 e. The zero-order valence-electron chi connectivity index (χ0n) is 12.1. The Balaban J connectivity index is 1.90. The summed E-state index contributed by atoms with van der Waals surface area (Å²) in [6.45, 7) is 6.51. The van der Waals surface area contributed by atoms with Crippen molar-refractivity contribution in [3.63, 3.8) is 0 Å². The Labute approximate surface area is 119 Å². The summed E-state index contributed by atoms with van der Waals surface area (Å²) in [6.07, 6.45) is 1.95. The van der Waals surface area contributed by atoms with Gasteiger partial charge in [-0.25, -0.2) is 4.98 Å². The van der Waals surface area contributed by atoms with E-state index in [1.807, 2.05) is 18.3 Å². The maximum Gasteiger partial charge on any atom is 0.130 e. The van der Waals surface area contributed by atoms with Gasteiger partial charge in [-0.3, -0.25) is 0 Å². The summed E-state index contributed by atoms with van der Waals surface area (Å²) in [5.74, 6) is 0.882. The van der Waals surface area contributed by atoms with Crippen molar-refractivity contribution in [2.75, 3.05) is 5.32 Å². The van der Waals surface area contributed by atoms with E-state index in [1.54, 1.807) is 0 Å². The summed E-state index contributed by atoms with van der Waals surface area (Å²) >= 11 is 0. The summed E-state index contributed by atoms with van der Waals surface area (Å²) in [7, 11) is 0. The van der Waals surface area contributed by atoms with Gasteiger partial charge < -0.3 is 10.3 Å². The minimum atomic E-state index is 0.0578. The molecule has 0 radical (unpaired) electrons. The van der Waals surface area contributed by atoms with Gasteiger partial charge >= 0.3 is 0 Å². The molecule has 2 N–H and O–H groups in total. The van der Waals surface area contributed by atoms with Crippen molar-refractivity contribution in [2.24, 2.45) is 0 Å². The number of nitrogens with one attached hydrogen (secondary N) is 2. The smallest absolute Gasteiger partial charge is 0.130 e. The maximum absolute atomic E-state index is 4.69. The molecular weight excluding hydrogens is 246 g/mol. The highest BCUT2D eigenvalue weighted by Gasteiger charge is 2.15. The Morgan fingerprint density at radius 1 is 1.05 bits per heavy atom. The first kappa shape index (κ1) is 12.7. The first-order valence-corrected chi connectivity index (χ1v) is 6.84. The Bertz CT molecular complexity index is 735. The number of aromatic amines is 1. The van der Waals surface area contributed by atoms with Gasteiger partial charge in [0.2, 0.25) is 0 Å². The molecule has 0 atom stereocenters. The van der Waals surface area contributed by atoms with Crippen LogP contribution < -0.4 is 5.32 Å². The Hall–Kier alpha value is -2.29. The van der Waals surface area contributed by atoms with Gasteiger partial charge in [-0.15, -0.1) is 0 Å². The highest BCUT2D eigenvalue weighted by atomic mass is 15.0. The Morgan fingerprint density at radius 2 is 1.90 bits per heavy atom. The second kappa shape index (κ2) is 4.67. The zero-order chi connectivity index (χ0) is 14.2. The third kappa shape index (κ3) is 2.52. The lowest BCUT2D eigenvalue weighted by Gasteiger charge is -2.18. The molecule has 3 nitrogen and oxygen atoms in total. The molecule has 3 rings (SSSR count). The van der Waals surface area contributed by atoms with Crippen molar-refractivity contribution in [3.8, 4) is 0 Å². The molecule has 0 unspecified atom stereocenters. The van der Waals surface area contributed by atoms with E-state index in [1.165, 1.54) is 5.39 Å². The maximum atomic E-state index is 4.69. The SMILES string of the molecule is CC(C)(C)c1cccc(Nc2ccc3[nH]ccc3c2)n1. The van der Waals surface area contributed by atoms with Crippen LogP contribution in [0, 0.1) is 0 Å². The van der Waals surface area contributed by atoms with Crippen LogP contribution >= 0.6 is 0 Å². The quantitative estimate of drug-likeness (QED) is 0.710. The van der Waals surface area contributed by atoms with Gasteiger partial charge in [-0.2, -0.15) is 0 Å². The van der Waals surface area contributed by atoms with Crippen molar-refractivity contribution in [2.45, 2.75) is 26.2 Å². The number of benzene rings is 1. The fourth-order valence-electron chi connectivity index (χ4n) is 2.20. The number of fused-ring (bicyclic) bond motifs is 1. The topological polar surface area (TPSA) is 40.7 Å². The lowest BCUT2D eigenvalue weighted by atomic mass is 9.92. The van der Waals surface area contributed by atoms with E-state index in [-0.39, 0.29) is 5.41 Å². The van der Waals surface area contributed by atoms with Crippen LogP contribution in [-0.2, 0) is 5.41 Å². The van der Waals surface area contributed by atoms with Gasteiger partial charge in [0, 0.05) is 33.9 Å². The lowest BCUT2D eigenvalue weighted by molar-refractivity contribution is 0.570. The zero-order valence-corrected chi connectivity index (χ0v) is 12.1. The Morgan fingerprint density at radius 3 is 2.70 bits per heavy atom. The minimum absolute atomic E-state index is 0.0578. The lowest BCUT2D eigenvalue weighted by Crippen LogP contribution is -2.13. The molecule has 0 amide bonds. The second-order valence-electron chi connectivity index (χ2n) is 6.06. The number of rotatable bonds is 2. The predicted molar refractivity (Wildman–Crippen MR) is 84.5 cm³/mol. The first-order chi connectivity index (χ1) is 9.52. The fourth-order valence-corrected chi connectivity index (χ4v) is 2.20. The van der Waals surface area contributed by atoms with E-state index in [4.69, 9.17) is 0 Å². The molecule has 1 aromatic carbocycles. The molecule has 102 valence electrons. The van der Waals surface area contributed by atoms with Crippen LogP contribution in [-0.4, -0.2) is 9.97 Å². The van der Waals surface area contributed by atoms with Crippen LogP contribution in [0.5, 0.6) is 0 Å².